The predicted octanol–water partition coefficient (Wildman–Crippen LogP) is 4.52. The normalized spacial score (nSPS) is 17.4. The summed E-state index contributed by atoms with van der Waals surface area (Å²) < 4.78 is 40.6. The van der Waals surface area contributed by atoms with E-state index in [-0.39, 0.29) is 12.2 Å². The summed E-state index contributed by atoms with van der Waals surface area (Å²) in [5.74, 6) is -1.21. The van der Waals surface area contributed by atoms with Crippen LogP contribution >= 0.6 is 11.6 Å². The van der Waals surface area contributed by atoms with E-state index in [1.54, 1.807) is 24.0 Å². The largest absolute Gasteiger partial charge is 0.487 e. The third-order valence-electron chi connectivity index (χ3n) is 5.13. The van der Waals surface area contributed by atoms with Crippen LogP contribution in [0.3, 0.4) is 0 Å². The van der Waals surface area contributed by atoms with E-state index in [2.05, 4.69) is 15.7 Å². The molecule has 1 fully saturated rings. The number of nitrogens with zero attached hydrogens (tertiary/aromatic N) is 2. The Morgan fingerprint density at radius 1 is 1.23 bits per heavy atom. The lowest BCUT2D eigenvalue weighted by Crippen LogP contribution is -2.46. The van der Waals surface area contributed by atoms with Crippen molar-refractivity contribution < 1.29 is 18.3 Å². The molecule has 2 heterocycles. The molecule has 2 N–H and O–H groups in total. The number of hydrogen-bond donors (Lipinski definition) is 2. The lowest BCUT2D eigenvalue weighted by molar-refractivity contribution is -0.0348. The minimum absolute atomic E-state index is 0.0800. The second-order valence-electron chi connectivity index (χ2n) is 7.37. The monoisotopic (exact) mass is 448 g/mol. The van der Waals surface area contributed by atoms with Crippen LogP contribution in [-0.2, 0) is 11.8 Å². The zero-order valence-corrected chi connectivity index (χ0v) is 17.9. The molecule has 0 bridgehead atoms. The van der Waals surface area contributed by atoms with Gasteiger partial charge in [-0.3, -0.25) is 4.68 Å². The molecule has 0 saturated carbocycles. The molecule has 164 valence electrons. The van der Waals surface area contributed by atoms with E-state index in [9.17, 15) is 8.78 Å². The van der Waals surface area contributed by atoms with Crippen LogP contribution in [0, 0.1) is 11.6 Å². The summed E-state index contributed by atoms with van der Waals surface area (Å²) in [6.07, 6.45) is 1.28. The van der Waals surface area contributed by atoms with Gasteiger partial charge in [-0.05, 0) is 37.3 Å². The molecule has 6 nitrogen and oxygen atoms in total. The highest BCUT2D eigenvalue weighted by Crippen LogP contribution is 2.38. The average molecular weight is 449 g/mol. The molecular weight excluding hydrogens is 426 g/mol. The molecule has 31 heavy (non-hydrogen) atoms. The summed E-state index contributed by atoms with van der Waals surface area (Å²) in [6, 6.07) is 9.10. The standard InChI is InChI=1S/C22H23ClF2N4O2/c1-13(21-12-26-7-8-30-21)31-20-6-4-14(28-15-3-5-18(24)19(25)10-15)9-16(20)22-17(23)11-27-29(22)2/h3-6,9-11,13,21,26,28H,7-8,12H2,1-2H3. The number of benzene rings is 2. The van der Waals surface area contributed by atoms with E-state index < -0.39 is 11.6 Å². The molecule has 0 amide bonds. The van der Waals surface area contributed by atoms with Gasteiger partial charge in [-0.2, -0.15) is 5.10 Å². The molecule has 0 radical (unpaired) electrons. The first-order valence-electron chi connectivity index (χ1n) is 9.95. The minimum atomic E-state index is -0.922. The lowest BCUT2D eigenvalue weighted by Gasteiger charge is -2.29. The number of hydrogen-bond acceptors (Lipinski definition) is 5. The number of nitrogens with one attached hydrogen (secondary N) is 2. The Labute approximate surface area is 184 Å². The van der Waals surface area contributed by atoms with E-state index in [0.717, 1.165) is 18.7 Å². The maximum Gasteiger partial charge on any atom is 0.160 e. The Bertz CT molecular complexity index is 1050. The summed E-state index contributed by atoms with van der Waals surface area (Å²) in [4.78, 5) is 0. The van der Waals surface area contributed by atoms with Crippen LogP contribution in [0.5, 0.6) is 5.75 Å². The zero-order valence-electron chi connectivity index (χ0n) is 17.2. The lowest BCUT2D eigenvalue weighted by atomic mass is 10.1. The molecule has 1 aliphatic rings. The van der Waals surface area contributed by atoms with Crippen LogP contribution in [0.1, 0.15) is 6.92 Å². The molecule has 9 heteroatoms. The molecule has 2 unspecified atom stereocenters. The van der Waals surface area contributed by atoms with E-state index >= 15 is 0 Å². The van der Waals surface area contributed by atoms with Gasteiger partial charge in [0.05, 0.1) is 23.5 Å². The number of morpholine rings is 1. The van der Waals surface area contributed by atoms with Crippen molar-refractivity contribution in [1.82, 2.24) is 15.1 Å². The highest BCUT2D eigenvalue weighted by molar-refractivity contribution is 6.33. The van der Waals surface area contributed by atoms with Crippen molar-refractivity contribution in [1.29, 1.82) is 0 Å². The third kappa shape index (κ3) is 4.81. The average Bonchev–Trinajstić information content (AvgIpc) is 3.10. The molecule has 0 aliphatic carbocycles. The quantitative estimate of drug-likeness (QED) is 0.580. The van der Waals surface area contributed by atoms with E-state index in [1.807, 2.05) is 19.1 Å². The topological polar surface area (TPSA) is 60.3 Å². The van der Waals surface area contributed by atoms with Gasteiger partial charge in [0.2, 0.25) is 0 Å². The number of ether oxygens (including phenoxy) is 2. The highest BCUT2D eigenvalue weighted by Gasteiger charge is 2.24. The molecule has 0 spiro atoms. The summed E-state index contributed by atoms with van der Waals surface area (Å²) in [5.41, 5.74) is 2.48. The zero-order chi connectivity index (χ0) is 22.0. The Kier molecular flexibility index (Phi) is 6.41. The summed E-state index contributed by atoms with van der Waals surface area (Å²) in [7, 11) is 1.79. The first-order valence-corrected chi connectivity index (χ1v) is 10.3. The Morgan fingerprint density at radius 2 is 2.00 bits per heavy atom. The first kappa shape index (κ1) is 21.5. The van der Waals surface area contributed by atoms with E-state index in [4.69, 9.17) is 21.1 Å². The maximum atomic E-state index is 13.6. The highest BCUT2D eigenvalue weighted by atomic mass is 35.5. The fourth-order valence-electron chi connectivity index (χ4n) is 3.51. The van der Waals surface area contributed by atoms with Gasteiger partial charge in [-0.1, -0.05) is 11.6 Å². The Hall–Kier alpha value is -2.68. The van der Waals surface area contributed by atoms with Gasteiger partial charge in [0, 0.05) is 43.1 Å². The SMILES string of the molecule is CC(Oc1ccc(Nc2ccc(F)c(F)c2)cc1-c1c(Cl)cnn1C)C1CNCCO1. The van der Waals surface area contributed by atoms with Gasteiger partial charge in [0.1, 0.15) is 18.0 Å². The van der Waals surface area contributed by atoms with Crippen molar-refractivity contribution in [3.63, 3.8) is 0 Å². The predicted molar refractivity (Wildman–Crippen MR) is 116 cm³/mol. The number of aryl methyl sites for hydroxylation is 1. The summed E-state index contributed by atoms with van der Waals surface area (Å²) >= 11 is 6.40. The van der Waals surface area contributed by atoms with Crippen LogP contribution in [0.25, 0.3) is 11.3 Å². The Morgan fingerprint density at radius 3 is 2.68 bits per heavy atom. The van der Waals surface area contributed by atoms with Crippen LogP contribution in [0.2, 0.25) is 5.02 Å². The van der Waals surface area contributed by atoms with Crippen molar-refractivity contribution in [2.75, 3.05) is 25.0 Å². The molecule has 3 aromatic rings. The number of anilines is 2. The summed E-state index contributed by atoms with van der Waals surface area (Å²) in [6.45, 7) is 4.12. The second kappa shape index (κ2) is 9.21. The molecule has 2 atom stereocenters. The van der Waals surface area contributed by atoms with Gasteiger partial charge < -0.3 is 20.1 Å². The molecule has 1 saturated heterocycles. The van der Waals surface area contributed by atoms with Gasteiger partial charge in [-0.15, -0.1) is 0 Å². The van der Waals surface area contributed by atoms with Gasteiger partial charge in [0.15, 0.2) is 11.6 Å². The number of aromatic nitrogens is 2. The molecule has 2 aromatic carbocycles. The van der Waals surface area contributed by atoms with Crippen LogP contribution < -0.4 is 15.4 Å². The molecular formula is C22H23ClF2N4O2. The molecule has 4 rings (SSSR count). The molecule has 1 aromatic heterocycles. The van der Waals surface area contributed by atoms with Crippen molar-refractivity contribution in [2.45, 2.75) is 19.1 Å². The van der Waals surface area contributed by atoms with Crippen molar-refractivity contribution in [3.05, 3.63) is 59.3 Å². The van der Waals surface area contributed by atoms with Crippen LogP contribution in [0.4, 0.5) is 20.2 Å². The van der Waals surface area contributed by atoms with E-state index in [1.165, 1.54) is 6.07 Å². The number of rotatable bonds is 6. The van der Waals surface area contributed by atoms with Crippen molar-refractivity contribution in [3.8, 4) is 17.0 Å². The van der Waals surface area contributed by atoms with Gasteiger partial charge >= 0.3 is 0 Å². The Balaban J connectivity index is 1.66. The maximum absolute atomic E-state index is 13.6. The van der Waals surface area contributed by atoms with Gasteiger partial charge in [-0.25, -0.2) is 8.78 Å². The number of halogens is 3. The fourth-order valence-corrected chi connectivity index (χ4v) is 3.78. The third-order valence-corrected chi connectivity index (χ3v) is 5.41. The second-order valence-corrected chi connectivity index (χ2v) is 7.77. The summed E-state index contributed by atoms with van der Waals surface area (Å²) in [5, 5.41) is 11.1. The first-order chi connectivity index (χ1) is 14.9. The van der Waals surface area contributed by atoms with Crippen molar-refractivity contribution >= 4 is 23.0 Å². The van der Waals surface area contributed by atoms with Crippen LogP contribution in [-0.4, -0.2) is 41.7 Å². The smallest absolute Gasteiger partial charge is 0.160 e. The van der Waals surface area contributed by atoms with E-state index in [0.29, 0.717) is 46.6 Å². The fraction of sp³-hybridized carbons (Fsp3) is 0.318. The van der Waals surface area contributed by atoms with Gasteiger partial charge in [0.25, 0.3) is 0 Å². The minimum Gasteiger partial charge on any atom is -0.487 e. The van der Waals surface area contributed by atoms with Crippen molar-refractivity contribution in [2.24, 2.45) is 7.05 Å². The van der Waals surface area contributed by atoms with Crippen LogP contribution in [0.15, 0.2) is 42.6 Å². The molecule has 1 aliphatic heterocycles.